The Labute approximate surface area is 175 Å². The Balaban J connectivity index is 2.14. The number of nitrogens with zero attached hydrogens (tertiary/aromatic N) is 2. The predicted molar refractivity (Wildman–Crippen MR) is 115 cm³/mol. The first-order valence-corrected chi connectivity index (χ1v) is 10.7. The quantitative estimate of drug-likeness (QED) is 0.397. The summed E-state index contributed by atoms with van der Waals surface area (Å²) >= 11 is 0. The molecule has 0 aliphatic heterocycles. The Hall–Kier alpha value is -3.39. The number of nitro benzene ring substituents is 1. The Bertz CT molecular complexity index is 1160. The highest BCUT2D eigenvalue weighted by atomic mass is 32.2. The van der Waals surface area contributed by atoms with Crippen LogP contribution in [0.2, 0.25) is 0 Å². The van der Waals surface area contributed by atoms with Crippen molar-refractivity contribution in [3.63, 3.8) is 0 Å². The van der Waals surface area contributed by atoms with E-state index in [-0.39, 0.29) is 10.6 Å². The van der Waals surface area contributed by atoms with Gasteiger partial charge in [0.05, 0.1) is 28.7 Å². The van der Waals surface area contributed by atoms with Crippen LogP contribution in [0.4, 0.5) is 11.4 Å². The Morgan fingerprint density at radius 3 is 2.27 bits per heavy atom. The average Bonchev–Trinajstić information content (AvgIpc) is 2.73. The van der Waals surface area contributed by atoms with Gasteiger partial charge in [-0.1, -0.05) is 24.3 Å². The molecule has 3 aromatic rings. The molecule has 0 aromatic heterocycles. The van der Waals surface area contributed by atoms with Gasteiger partial charge >= 0.3 is 0 Å². The van der Waals surface area contributed by atoms with Gasteiger partial charge in [-0.2, -0.15) is 0 Å². The summed E-state index contributed by atoms with van der Waals surface area (Å²) in [6.45, 7) is 3.68. The van der Waals surface area contributed by atoms with Gasteiger partial charge in [-0.25, -0.2) is 8.42 Å². The molecule has 0 aliphatic carbocycles. The maximum Gasteiger partial charge on any atom is 0.269 e. The first-order valence-electron chi connectivity index (χ1n) is 9.23. The monoisotopic (exact) mass is 426 g/mol. The molecule has 8 heteroatoms. The highest BCUT2D eigenvalue weighted by Crippen LogP contribution is 2.35. The second-order valence-electron chi connectivity index (χ2n) is 6.84. The Kier molecular flexibility index (Phi) is 6.07. The molecule has 0 saturated carbocycles. The summed E-state index contributed by atoms with van der Waals surface area (Å²) < 4.78 is 33.9. The van der Waals surface area contributed by atoms with Crippen LogP contribution in [0.25, 0.3) is 0 Å². The topological polar surface area (TPSA) is 89.8 Å². The Morgan fingerprint density at radius 1 is 1.00 bits per heavy atom. The number of rotatable bonds is 7. The first kappa shape index (κ1) is 21.3. The lowest BCUT2D eigenvalue weighted by atomic mass is 10.1. The molecular formula is C22H22N2O5S. The number of aryl methyl sites for hydroxylation is 1. The van der Waals surface area contributed by atoms with E-state index in [2.05, 4.69) is 0 Å². The summed E-state index contributed by atoms with van der Waals surface area (Å²) in [5, 5.41) is 10.9. The van der Waals surface area contributed by atoms with Gasteiger partial charge in [0.25, 0.3) is 15.7 Å². The van der Waals surface area contributed by atoms with Crippen molar-refractivity contribution in [3.8, 4) is 5.75 Å². The molecule has 0 amide bonds. The third-order valence-corrected chi connectivity index (χ3v) is 6.70. The summed E-state index contributed by atoms with van der Waals surface area (Å²) in [6, 6.07) is 18.8. The molecule has 0 N–H and O–H groups in total. The van der Waals surface area contributed by atoms with Crippen LogP contribution in [0.3, 0.4) is 0 Å². The number of anilines is 1. The van der Waals surface area contributed by atoms with Gasteiger partial charge in [0, 0.05) is 12.1 Å². The minimum Gasteiger partial charge on any atom is -0.497 e. The third kappa shape index (κ3) is 4.28. The van der Waals surface area contributed by atoms with Gasteiger partial charge in [0.1, 0.15) is 5.75 Å². The average molecular weight is 426 g/mol. The van der Waals surface area contributed by atoms with E-state index in [4.69, 9.17) is 4.74 Å². The molecular weight excluding hydrogens is 404 g/mol. The summed E-state index contributed by atoms with van der Waals surface area (Å²) in [6.07, 6.45) is 0. The number of ether oxygens (including phenoxy) is 1. The molecule has 3 rings (SSSR count). The van der Waals surface area contributed by atoms with Gasteiger partial charge in [0.2, 0.25) is 0 Å². The molecule has 0 unspecified atom stereocenters. The molecule has 0 spiro atoms. The van der Waals surface area contributed by atoms with Crippen LogP contribution in [0, 0.1) is 17.0 Å². The largest absolute Gasteiger partial charge is 0.497 e. The fourth-order valence-electron chi connectivity index (χ4n) is 3.23. The normalized spacial score (nSPS) is 12.2. The van der Waals surface area contributed by atoms with Crippen LogP contribution >= 0.6 is 0 Å². The van der Waals surface area contributed by atoms with E-state index in [0.717, 1.165) is 11.1 Å². The van der Waals surface area contributed by atoms with Crippen molar-refractivity contribution in [2.75, 3.05) is 11.4 Å². The number of methoxy groups -OCH3 is 1. The van der Waals surface area contributed by atoms with E-state index in [1.54, 1.807) is 50.4 Å². The minimum absolute atomic E-state index is 0.0237. The predicted octanol–water partition coefficient (Wildman–Crippen LogP) is 4.87. The fourth-order valence-corrected chi connectivity index (χ4v) is 4.86. The van der Waals surface area contributed by atoms with Crippen molar-refractivity contribution in [1.29, 1.82) is 0 Å². The molecule has 0 radical (unpaired) electrons. The standard InChI is InChI=1S/C22H22N2O5S/c1-16-6-4-8-20(14-16)23(17(2)18-7-5-9-21(15-18)29-3)30(27,28)22-12-10-19(11-13-22)24(25)26/h4-15,17H,1-3H3/t17-/m1/s1. The van der Waals surface area contributed by atoms with Gasteiger partial charge in [-0.15, -0.1) is 0 Å². The van der Waals surface area contributed by atoms with Crippen LogP contribution in [0.5, 0.6) is 5.75 Å². The molecule has 7 nitrogen and oxygen atoms in total. The summed E-state index contributed by atoms with van der Waals surface area (Å²) in [4.78, 5) is 10.4. The SMILES string of the molecule is COc1cccc([C@@H](C)N(c2cccc(C)c2)S(=O)(=O)c2ccc([N+](=O)[O-])cc2)c1. The highest BCUT2D eigenvalue weighted by molar-refractivity contribution is 7.92. The van der Waals surface area contributed by atoms with Crippen LogP contribution in [0.1, 0.15) is 24.1 Å². The number of hydrogen-bond acceptors (Lipinski definition) is 5. The van der Waals surface area contributed by atoms with Crippen molar-refractivity contribution in [2.24, 2.45) is 0 Å². The number of nitro groups is 1. The zero-order valence-corrected chi connectivity index (χ0v) is 17.7. The van der Waals surface area contributed by atoms with Crippen LogP contribution < -0.4 is 9.04 Å². The lowest BCUT2D eigenvalue weighted by Crippen LogP contribution is -2.33. The lowest BCUT2D eigenvalue weighted by molar-refractivity contribution is -0.384. The summed E-state index contributed by atoms with van der Waals surface area (Å²) in [5.74, 6) is 0.622. The lowest BCUT2D eigenvalue weighted by Gasteiger charge is -2.31. The van der Waals surface area contributed by atoms with Crippen LogP contribution in [-0.4, -0.2) is 20.5 Å². The van der Waals surface area contributed by atoms with Crippen molar-refractivity contribution in [3.05, 3.63) is 94.0 Å². The van der Waals surface area contributed by atoms with Crippen molar-refractivity contribution < 1.29 is 18.1 Å². The molecule has 1 atom stereocenters. The van der Waals surface area contributed by atoms with Crippen molar-refractivity contribution in [2.45, 2.75) is 24.8 Å². The zero-order chi connectivity index (χ0) is 21.9. The molecule has 30 heavy (non-hydrogen) atoms. The smallest absolute Gasteiger partial charge is 0.269 e. The van der Waals surface area contributed by atoms with E-state index in [0.29, 0.717) is 11.4 Å². The molecule has 0 saturated heterocycles. The molecule has 0 fully saturated rings. The highest BCUT2D eigenvalue weighted by Gasteiger charge is 2.31. The fraction of sp³-hybridized carbons (Fsp3) is 0.182. The van der Waals surface area contributed by atoms with E-state index < -0.39 is 21.0 Å². The number of non-ortho nitro benzene ring substituents is 1. The van der Waals surface area contributed by atoms with Crippen molar-refractivity contribution in [1.82, 2.24) is 0 Å². The number of sulfonamides is 1. The molecule has 0 aliphatic rings. The zero-order valence-electron chi connectivity index (χ0n) is 16.8. The van der Waals surface area contributed by atoms with Gasteiger partial charge < -0.3 is 4.74 Å². The third-order valence-electron chi connectivity index (χ3n) is 4.79. The van der Waals surface area contributed by atoms with Crippen molar-refractivity contribution >= 4 is 21.4 Å². The van der Waals surface area contributed by atoms with Crippen LogP contribution in [0.15, 0.2) is 77.7 Å². The minimum atomic E-state index is -4.01. The number of benzene rings is 3. The maximum absolute atomic E-state index is 13.6. The van der Waals surface area contributed by atoms with E-state index >= 15 is 0 Å². The molecule has 0 heterocycles. The first-order chi connectivity index (χ1) is 14.2. The molecule has 0 bridgehead atoms. The van der Waals surface area contributed by atoms with Crippen LogP contribution in [-0.2, 0) is 10.0 Å². The Morgan fingerprint density at radius 2 is 1.67 bits per heavy atom. The molecule has 156 valence electrons. The van der Waals surface area contributed by atoms with E-state index in [1.165, 1.54) is 28.6 Å². The summed E-state index contributed by atoms with van der Waals surface area (Å²) in [7, 11) is -2.46. The van der Waals surface area contributed by atoms with Gasteiger partial charge in [0.15, 0.2) is 0 Å². The van der Waals surface area contributed by atoms with Gasteiger partial charge in [-0.05, 0) is 61.4 Å². The van der Waals surface area contributed by atoms with Gasteiger partial charge in [-0.3, -0.25) is 14.4 Å². The number of hydrogen-bond donors (Lipinski definition) is 0. The van der Waals surface area contributed by atoms with E-state index in [1.807, 2.05) is 19.1 Å². The summed E-state index contributed by atoms with van der Waals surface area (Å²) in [5.41, 5.74) is 2.00. The second-order valence-corrected chi connectivity index (χ2v) is 8.66. The van der Waals surface area contributed by atoms with E-state index in [9.17, 15) is 18.5 Å². The molecule has 3 aromatic carbocycles. The maximum atomic E-state index is 13.6. The second kappa shape index (κ2) is 8.54.